The van der Waals surface area contributed by atoms with Crippen LogP contribution in [0.5, 0.6) is 23.0 Å². The van der Waals surface area contributed by atoms with Gasteiger partial charge in [0.05, 0.1) is 20.8 Å². The second-order valence-corrected chi connectivity index (χ2v) is 11.0. The third-order valence-corrected chi connectivity index (χ3v) is 7.58. The van der Waals surface area contributed by atoms with E-state index >= 15 is 0 Å². The number of carbonyl (C=O) groups excluding carboxylic acids is 1. The van der Waals surface area contributed by atoms with Crippen LogP contribution in [0.3, 0.4) is 0 Å². The molecular weight excluding hydrogens is 585 g/mol. The van der Waals surface area contributed by atoms with Gasteiger partial charge in [-0.2, -0.15) is 0 Å². The van der Waals surface area contributed by atoms with Crippen LogP contribution >= 0.6 is 23.2 Å². The van der Waals surface area contributed by atoms with Crippen molar-refractivity contribution < 1.29 is 24.1 Å². The van der Waals surface area contributed by atoms with Crippen LogP contribution in [0.1, 0.15) is 48.9 Å². The predicted molar refractivity (Wildman–Crippen MR) is 173 cm³/mol. The summed E-state index contributed by atoms with van der Waals surface area (Å²) in [6.45, 7) is 1.14. The molecule has 0 aromatic heterocycles. The highest BCUT2D eigenvalue weighted by Gasteiger charge is 2.19. The fraction of sp³-hybridized carbons (Fsp3) is 0.286. The molecule has 4 rings (SSSR count). The maximum Gasteiger partial charge on any atom is 0.251 e. The zero-order chi connectivity index (χ0) is 30.6. The number of hydrogen-bond acceptors (Lipinski definition) is 4. The Morgan fingerprint density at radius 1 is 0.698 bits per heavy atom. The fourth-order valence-corrected chi connectivity index (χ4v) is 5.25. The van der Waals surface area contributed by atoms with Gasteiger partial charge >= 0.3 is 0 Å². The van der Waals surface area contributed by atoms with Crippen LogP contribution < -0.4 is 19.5 Å². The fourth-order valence-electron chi connectivity index (χ4n) is 4.87. The van der Waals surface area contributed by atoms with E-state index in [1.807, 2.05) is 30.3 Å². The van der Waals surface area contributed by atoms with Gasteiger partial charge in [-0.25, -0.2) is 0 Å². The molecule has 0 saturated carbocycles. The molecule has 0 atom stereocenters. The van der Waals surface area contributed by atoms with Crippen molar-refractivity contribution in [2.45, 2.75) is 38.5 Å². The molecule has 4 aromatic rings. The first-order valence-corrected chi connectivity index (χ1v) is 15.2. The lowest BCUT2D eigenvalue weighted by atomic mass is 9.94. The number of halogens is 2. The molecule has 0 fully saturated rings. The maximum atomic E-state index is 13.5. The average Bonchev–Trinajstić information content (AvgIpc) is 3.01. The standard InChI is InChI=1S/C35H36Cl2NO5/c1-41-31-16-11-17-32(42-2)34(31)43-19-8-6-4-3-5-7-18-38-35(40)26-22-29(24-12-9-14-27(36)20-24)33(39)30(23-26)25-13-10-15-28(37)21-25/h9-17,20-23H,3-8,18-19H2,1-2H3,(H,38,40). The van der Waals surface area contributed by atoms with Crippen molar-refractivity contribution in [1.29, 1.82) is 0 Å². The number of hydrogen-bond donors (Lipinski definition) is 1. The lowest BCUT2D eigenvalue weighted by Gasteiger charge is -2.14. The summed E-state index contributed by atoms with van der Waals surface area (Å²) in [7, 11) is 3.23. The van der Waals surface area contributed by atoms with Crippen LogP contribution in [0, 0.1) is 0 Å². The molecule has 1 N–H and O–H groups in total. The average molecular weight is 622 g/mol. The predicted octanol–water partition coefficient (Wildman–Crippen LogP) is 9.64. The Morgan fingerprint density at radius 3 is 1.74 bits per heavy atom. The molecule has 0 unspecified atom stereocenters. The zero-order valence-electron chi connectivity index (χ0n) is 24.5. The molecule has 8 heteroatoms. The summed E-state index contributed by atoms with van der Waals surface area (Å²) >= 11 is 12.4. The van der Waals surface area contributed by atoms with Gasteiger partial charge in [-0.1, -0.05) is 79.2 Å². The van der Waals surface area contributed by atoms with Gasteiger partial charge in [0.15, 0.2) is 17.2 Å². The van der Waals surface area contributed by atoms with Crippen molar-refractivity contribution in [3.8, 4) is 45.3 Å². The summed E-state index contributed by atoms with van der Waals surface area (Å²) in [5, 5.41) is 17.5. The van der Waals surface area contributed by atoms with Crippen LogP contribution in [-0.4, -0.2) is 33.3 Å². The lowest BCUT2D eigenvalue weighted by Crippen LogP contribution is -2.24. The van der Waals surface area contributed by atoms with Gasteiger partial charge in [-0.05, 0) is 72.5 Å². The van der Waals surface area contributed by atoms with E-state index < -0.39 is 0 Å². The molecule has 0 saturated heterocycles. The second kappa shape index (κ2) is 16.1. The third-order valence-electron chi connectivity index (χ3n) is 7.11. The number of methoxy groups -OCH3 is 2. The van der Waals surface area contributed by atoms with E-state index in [2.05, 4.69) is 5.32 Å². The van der Waals surface area contributed by atoms with Gasteiger partial charge in [0.25, 0.3) is 5.91 Å². The first-order valence-electron chi connectivity index (χ1n) is 14.4. The first kappa shape index (κ1) is 32.1. The summed E-state index contributed by atoms with van der Waals surface area (Å²) in [5.41, 5.74) is 2.55. The van der Waals surface area contributed by atoms with E-state index in [9.17, 15) is 9.90 Å². The molecule has 1 radical (unpaired) electrons. The van der Waals surface area contributed by atoms with Crippen LogP contribution in [-0.2, 0) is 5.11 Å². The Morgan fingerprint density at radius 2 is 1.21 bits per heavy atom. The summed E-state index contributed by atoms with van der Waals surface area (Å²) < 4.78 is 16.7. The van der Waals surface area contributed by atoms with Gasteiger partial charge in [0, 0.05) is 33.3 Å². The molecule has 43 heavy (non-hydrogen) atoms. The largest absolute Gasteiger partial charge is 0.493 e. The van der Waals surface area contributed by atoms with E-state index in [1.54, 1.807) is 62.8 Å². The Labute approximate surface area is 263 Å². The number of carbonyl (C=O) groups is 1. The lowest BCUT2D eigenvalue weighted by molar-refractivity contribution is 0.0953. The van der Waals surface area contributed by atoms with Crippen molar-refractivity contribution in [3.05, 3.63) is 94.5 Å². The van der Waals surface area contributed by atoms with E-state index in [4.69, 9.17) is 37.4 Å². The topological polar surface area (TPSA) is 76.7 Å². The second-order valence-electron chi connectivity index (χ2n) is 10.1. The minimum atomic E-state index is -0.226. The monoisotopic (exact) mass is 620 g/mol. The van der Waals surface area contributed by atoms with Gasteiger partial charge in [-0.3, -0.25) is 9.90 Å². The number of benzene rings is 4. The van der Waals surface area contributed by atoms with Gasteiger partial charge < -0.3 is 19.5 Å². The Hall–Kier alpha value is -3.87. The number of rotatable bonds is 15. The molecule has 0 aliphatic rings. The number of amides is 1. The van der Waals surface area contributed by atoms with Crippen LogP contribution in [0.15, 0.2) is 78.9 Å². The molecule has 0 spiro atoms. The molecule has 0 bridgehead atoms. The zero-order valence-corrected chi connectivity index (χ0v) is 26.0. The van der Waals surface area contributed by atoms with Crippen molar-refractivity contribution >= 4 is 29.1 Å². The molecule has 6 nitrogen and oxygen atoms in total. The van der Waals surface area contributed by atoms with Gasteiger partial charge in [-0.15, -0.1) is 0 Å². The molecule has 225 valence electrons. The molecule has 4 aromatic carbocycles. The van der Waals surface area contributed by atoms with Crippen LogP contribution in [0.4, 0.5) is 0 Å². The molecular formula is C35H36Cl2NO5. The Balaban J connectivity index is 1.27. The van der Waals surface area contributed by atoms with E-state index in [-0.39, 0.29) is 11.7 Å². The van der Waals surface area contributed by atoms with E-state index in [1.165, 1.54) is 0 Å². The number of unbranched alkanes of at least 4 members (excludes halogenated alkanes) is 5. The molecule has 0 aliphatic carbocycles. The highest BCUT2D eigenvalue weighted by atomic mass is 35.5. The van der Waals surface area contributed by atoms with Crippen LogP contribution in [0.25, 0.3) is 22.3 Å². The SMILES string of the molecule is COc1cccc(OC)c1OCCCCCCCCNC(=O)c1cc(-c2cccc(Cl)c2)c([O])c(-c2cccc(Cl)c2)c1. The smallest absolute Gasteiger partial charge is 0.251 e. The van der Waals surface area contributed by atoms with Gasteiger partial charge in [0.2, 0.25) is 5.75 Å². The van der Waals surface area contributed by atoms with Crippen molar-refractivity contribution in [2.24, 2.45) is 0 Å². The third kappa shape index (κ3) is 8.82. The summed E-state index contributed by atoms with van der Waals surface area (Å²) in [5.74, 6) is 1.54. The molecule has 1 amide bonds. The van der Waals surface area contributed by atoms with Crippen molar-refractivity contribution in [3.63, 3.8) is 0 Å². The quantitative estimate of drug-likeness (QED) is 0.134. The maximum absolute atomic E-state index is 13.5. The Bertz CT molecular complexity index is 1440. The van der Waals surface area contributed by atoms with Gasteiger partial charge in [0.1, 0.15) is 0 Å². The minimum Gasteiger partial charge on any atom is -0.493 e. The normalized spacial score (nSPS) is 10.8. The molecule has 0 heterocycles. The highest BCUT2D eigenvalue weighted by molar-refractivity contribution is 6.31. The van der Waals surface area contributed by atoms with Crippen molar-refractivity contribution in [1.82, 2.24) is 5.32 Å². The summed E-state index contributed by atoms with van der Waals surface area (Å²) in [4.78, 5) is 13.2. The highest BCUT2D eigenvalue weighted by Crippen LogP contribution is 2.41. The molecule has 0 aliphatic heterocycles. The summed E-state index contributed by atoms with van der Waals surface area (Å²) in [6, 6.07) is 23.0. The first-order chi connectivity index (χ1) is 20.9. The number of para-hydroxylation sites is 1. The number of ether oxygens (including phenoxy) is 3. The van der Waals surface area contributed by atoms with Crippen molar-refractivity contribution in [2.75, 3.05) is 27.4 Å². The minimum absolute atomic E-state index is 0.187. The van der Waals surface area contributed by atoms with E-state index in [0.717, 1.165) is 38.5 Å². The van der Waals surface area contributed by atoms with Crippen LogP contribution in [0.2, 0.25) is 10.0 Å². The van der Waals surface area contributed by atoms with E-state index in [0.29, 0.717) is 68.3 Å². The Kier molecular flexibility index (Phi) is 12.0. The summed E-state index contributed by atoms with van der Waals surface area (Å²) in [6.07, 6.45) is 5.99. The number of nitrogens with one attached hydrogen (secondary N) is 1.